The molecule has 17 heavy (non-hydrogen) atoms. The maximum Gasteiger partial charge on any atom is 0.0596 e. The SMILES string of the molecule is Cc1cc(C)n(CCCNC2CC[C@H]3C[C@@H]23)n1. The highest BCUT2D eigenvalue weighted by atomic mass is 15.3. The van der Waals surface area contributed by atoms with Crippen molar-refractivity contribution in [1.29, 1.82) is 0 Å². The van der Waals surface area contributed by atoms with Crippen LogP contribution in [0.5, 0.6) is 0 Å². The zero-order valence-corrected chi connectivity index (χ0v) is 10.9. The Morgan fingerprint density at radius 3 is 2.88 bits per heavy atom. The summed E-state index contributed by atoms with van der Waals surface area (Å²) in [6.45, 7) is 6.40. The first-order chi connectivity index (χ1) is 8.24. The molecular weight excluding hydrogens is 210 g/mol. The molecule has 0 bridgehead atoms. The first-order valence-electron chi connectivity index (χ1n) is 6.98. The summed E-state index contributed by atoms with van der Waals surface area (Å²) in [6, 6.07) is 2.99. The summed E-state index contributed by atoms with van der Waals surface area (Å²) in [5.41, 5.74) is 2.41. The van der Waals surface area contributed by atoms with E-state index in [4.69, 9.17) is 0 Å². The molecule has 2 saturated carbocycles. The van der Waals surface area contributed by atoms with Gasteiger partial charge in [-0.3, -0.25) is 4.68 Å². The number of hydrogen-bond donors (Lipinski definition) is 1. The van der Waals surface area contributed by atoms with Crippen LogP contribution in [0.3, 0.4) is 0 Å². The van der Waals surface area contributed by atoms with Crippen molar-refractivity contribution in [1.82, 2.24) is 15.1 Å². The van der Waals surface area contributed by atoms with Gasteiger partial charge in [0, 0.05) is 18.3 Å². The summed E-state index contributed by atoms with van der Waals surface area (Å²) in [5.74, 6) is 2.12. The van der Waals surface area contributed by atoms with Crippen molar-refractivity contribution in [3.8, 4) is 0 Å². The largest absolute Gasteiger partial charge is 0.314 e. The number of fused-ring (bicyclic) bond motifs is 1. The zero-order chi connectivity index (χ0) is 11.8. The number of rotatable bonds is 5. The van der Waals surface area contributed by atoms with Crippen molar-refractivity contribution in [2.24, 2.45) is 11.8 Å². The molecule has 2 aliphatic carbocycles. The molecule has 0 aromatic carbocycles. The summed E-state index contributed by atoms with van der Waals surface area (Å²) in [7, 11) is 0. The minimum atomic E-state index is 0.834. The Hall–Kier alpha value is -0.830. The maximum absolute atomic E-state index is 4.49. The maximum atomic E-state index is 4.49. The van der Waals surface area contributed by atoms with Gasteiger partial charge >= 0.3 is 0 Å². The number of aryl methyl sites for hydroxylation is 3. The topological polar surface area (TPSA) is 29.9 Å². The fourth-order valence-electron chi connectivity index (χ4n) is 3.37. The highest BCUT2D eigenvalue weighted by molar-refractivity contribution is 5.06. The molecule has 0 saturated heterocycles. The van der Waals surface area contributed by atoms with E-state index in [1.54, 1.807) is 0 Å². The van der Waals surface area contributed by atoms with Crippen LogP contribution in [0, 0.1) is 25.7 Å². The third kappa shape index (κ3) is 2.39. The summed E-state index contributed by atoms with van der Waals surface area (Å²) < 4.78 is 2.13. The van der Waals surface area contributed by atoms with Crippen LogP contribution in [0.15, 0.2) is 6.07 Å². The van der Waals surface area contributed by atoms with Gasteiger partial charge in [0.05, 0.1) is 5.69 Å². The molecule has 2 aliphatic rings. The minimum Gasteiger partial charge on any atom is -0.314 e. The Balaban J connectivity index is 1.39. The summed E-state index contributed by atoms with van der Waals surface area (Å²) in [4.78, 5) is 0. The molecule has 3 rings (SSSR count). The first kappa shape index (κ1) is 11.3. The smallest absolute Gasteiger partial charge is 0.0596 e. The fourth-order valence-corrected chi connectivity index (χ4v) is 3.37. The second-order valence-corrected chi connectivity index (χ2v) is 5.80. The van der Waals surface area contributed by atoms with Gasteiger partial charge in [0.15, 0.2) is 0 Å². The average molecular weight is 233 g/mol. The second-order valence-electron chi connectivity index (χ2n) is 5.80. The van der Waals surface area contributed by atoms with E-state index in [9.17, 15) is 0 Å². The highest BCUT2D eigenvalue weighted by Crippen LogP contribution is 2.51. The Labute approximate surface area is 104 Å². The highest BCUT2D eigenvalue weighted by Gasteiger charge is 2.47. The summed E-state index contributed by atoms with van der Waals surface area (Å²) in [6.07, 6.45) is 5.57. The summed E-state index contributed by atoms with van der Waals surface area (Å²) in [5, 5.41) is 8.22. The zero-order valence-electron chi connectivity index (χ0n) is 10.9. The van der Waals surface area contributed by atoms with Gasteiger partial charge < -0.3 is 5.32 Å². The second kappa shape index (κ2) is 4.45. The molecule has 1 aromatic rings. The van der Waals surface area contributed by atoms with Crippen LogP contribution >= 0.6 is 0 Å². The van der Waals surface area contributed by atoms with Crippen LogP contribution in [0.1, 0.15) is 37.1 Å². The van der Waals surface area contributed by atoms with Gasteiger partial charge in [-0.1, -0.05) is 0 Å². The average Bonchev–Trinajstić information content (AvgIpc) is 2.86. The van der Waals surface area contributed by atoms with Gasteiger partial charge in [0.2, 0.25) is 0 Å². The lowest BCUT2D eigenvalue weighted by Gasteiger charge is -2.14. The summed E-state index contributed by atoms with van der Waals surface area (Å²) >= 11 is 0. The fraction of sp³-hybridized carbons (Fsp3) is 0.786. The predicted molar refractivity (Wildman–Crippen MR) is 68.9 cm³/mol. The van der Waals surface area contributed by atoms with Crippen LogP contribution in [-0.4, -0.2) is 22.4 Å². The molecule has 0 radical (unpaired) electrons. The normalized spacial score (nSPS) is 30.6. The van der Waals surface area contributed by atoms with Crippen LogP contribution in [0.4, 0.5) is 0 Å². The lowest BCUT2D eigenvalue weighted by molar-refractivity contribution is 0.448. The third-order valence-electron chi connectivity index (χ3n) is 4.40. The molecule has 1 unspecified atom stereocenters. The van der Waals surface area contributed by atoms with E-state index < -0.39 is 0 Å². The lowest BCUT2D eigenvalue weighted by Crippen LogP contribution is -2.30. The number of hydrogen-bond acceptors (Lipinski definition) is 2. The molecule has 1 aromatic heterocycles. The minimum absolute atomic E-state index is 0.834. The van der Waals surface area contributed by atoms with Gasteiger partial charge in [-0.05, 0) is 64.0 Å². The van der Waals surface area contributed by atoms with Gasteiger partial charge in [-0.25, -0.2) is 0 Å². The van der Waals surface area contributed by atoms with Crippen LogP contribution < -0.4 is 5.32 Å². The van der Waals surface area contributed by atoms with E-state index in [0.717, 1.165) is 36.7 Å². The quantitative estimate of drug-likeness (QED) is 0.791. The van der Waals surface area contributed by atoms with E-state index in [2.05, 4.69) is 35.0 Å². The van der Waals surface area contributed by atoms with E-state index in [1.165, 1.54) is 31.4 Å². The molecule has 0 aliphatic heterocycles. The van der Waals surface area contributed by atoms with Crippen molar-refractivity contribution in [2.75, 3.05) is 6.54 Å². The van der Waals surface area contributed by atoms with E-state index >= 15 is 0 Å². The Bertz CT molecular complexity index is 396. The van der Waals surface area contributed by atoms with Crippen molar-refractivity contribution in [3.05, 3.63) is 17.5 Å². The molecule has 3 heteroatoms. The first-order valence-corrected chi connectivity index (χ1v) is 6.98. The molecule has 94 valence electrons. The molecule has 2 fully saturated rings. The Morgan fingerprint density at radius 1 is 1.41 bits per heavy atom. The van der Waals surface area contributed by atoms with E-state index in [-0.39, 0.29) is 0 Å². The third-order valence-corrected chi connectivity index (χ3v) is 4.40. The number of nitrogens with zero attached hydrogens (tertiary/aromatic N) is 2. The number of aromatic nitrogens is 2. The standard InChI is InChI=1S/C14H23N3/c1-10-8-11(2)17(16-10)7-3-6-15-14-5-4-12-9-13(12)14/h8,12-15H,3-7,9H2,1-2H3/t12-,13+,14?/m0/s1. The van der Waals surface area contributed by atoms with Gasteiger partial charge in [-0.2, -0.15) is 5.10 Å². The van der Waals surface area contributed by atoms with E-state index in [0.29, 0.717) is 0 Å². The van der Waals surface area contributed by atoms with Crippen molar-refractivity contribution in [2.45, 2.75) is 52.1 Å². The lowest BCUT2D eigenvalue weighted by atomic mass is 10.1. The van der Waals surface area contributed by atoms with E-state index in [1.807, 2.05) is 0 Å². The molecule has 0 spiro atoms. The molecular formula is C14H23N3. The van der Waals surface area contributed by atoms with Gasteiger partial charge in [0.25, 0.3) is 0 Å². The monoisotopic (exact) mass is 233 g/mol. The number of nitrogens with one attached hydrogen (secondary N) is 1. The van der Waals surface area contributed by atoms with Crippen molar-refractivity contribution in [3.63, 3.8) is 0 Å². The van der Waals surface area contributed by atoms with Crippen LogP contribution in [0.25, 0.3) is 0 Å². The van der Waals surface area contributed by atoms with Crippen LogP contribution in [-0.2, 0) is 6.54 Å². The predicted octanol–water partition coefficient (Wildman–Crippen LogP) is 2.28. The Morgan fingerprint density at radius 2 is 2.29 bits per heavy atom. The van der Waals surface area contributed by atoms with Crippen molar-refractivity contribution >= 4 is 0 Å². The van der Waals surface area contributed by atoms with Crippen molar-refractivity contribution < 1.29 is 0 Å². The Kier molecular flexibility index (Phi) is 2.95. The van der Waals surface area contributed by atoms with Gasteiger partial charge in [-0.15, -0.1) is 0 Å². The molecule has 1 N–H and O–H groups in total. The van der Waals surface area contributed by atoms with Gasteiger partial charge in [0.1, 0.15) is 0 Å². The molecule has 3 atom stereocenters. The molecule has 1 heterocycles. The molecule has 3 nitrogen and oxygen atoms in total. The van der Waals surface area contributed by atoms with Crippen LogP contribution in [0.2, 0.25) is 0 Å². The molecule has 0 amide bonds.